The summed E-state index contributed by atoms with van der Waals surface area (Å²) in [5.74, 6) is -3.02. The summed E-state index contributed by atoms with van der Waals surface area (Å²) in [6.45, 7) is 6.24. The molecule has 0 saturated carbocycles. The molecule has 0 unspecified atom stereocenters. The van der Waals surface area contributed by atoms with Crippen LogP contribution in [0.2, 0.25) is 0 Å². The minimum atomic E-state index is -1.27. The number of aliphatic imine (C=N–C) groups is 1. The second-order valence-corrected chi connectivity index (χ2v) is 17.9. The lowest BCUT2D eigenvalue weighted by molar-refractivity contribution is -0.155. The molecule has 1 aliphatic heterocycles. The number of aliphatic carboxylic acids is 1. The number of ether oxygens (including phenoxy) is 2. The number of carboxylic acid groups (broad SMARTS) is 1. The van der Waals surface area contributed by atoms with Gasteiger partial charge in [0.05, 0.1) is 10.2 Å². The van der Waals surface area contributed by atoms with Crippen molar-refractivity contribution in [3.05, 3.63) is 59.1 Å². The number of carbonyl (C=O) groups excluding carboxylic acids is 5. The zero-order valence-electron chi connectivity index (χ0n) is 35.4. The van der Waals surface area contributed by atoms with Crippen molar-refractivity contribution in [2.24, 2.45) is 10.7 Å². The van der Waals surface area contributed by atoms with Gasteiger partial charge >= 0.3 is 18.0 Å². The molecular formula is C42H58N8O9S2. The lowest BCUT2D eigenvalue weighted by atomic mass is 10.0. The van der Waals surface area contributed by atoms with E-state index in [-0.39, 0.29) is 32.3 Å². The molecule has 0 spiro atoms. The van der Waals surface area contributed by atoms with E-state index in [4.69, 9.17) is 15.2 Å². The second-order valence-electron chi connectivity index (χ2n) is 15.9. The lowest BCUT2D eigenvalue weighted by Gasteiger charge is -2.26. The number of alkyl carbamates (subject to hydrolysis) is 1. The molecule has 2 aromatic carbocycles. The SMILES string of the molecule is CN(C)CCCC[C@H](NC(=O)[C@H](CCC(=O)OC(C)(C)C)NC(=O)OCc1ccccc1)C(=O)N[C@@H](CCCCN)C(=O)Nc1ccc2nc(C3=N[C@@H](C(=O)O)CS3)sc2c1. The third-order valence-corrected chi connectivity index (χ3v) is 11.4. The van der Waals surface area contributed by atoms with Gasteiger partial charge in [0.2, 0.25) is 17.7 Å². The van der Waals surface area contributed by atoms with Gasteiger partial charge in [-0.15, -0.1) is 23.1 Å². The van der Waals surface area contributed by atoms with Crippen LogP contribution in [0.15, 0.2) is 53.5 Å². The number of nitrogens with two attached hydrogens (primary N) is 1. The summed E-state index contributed by atoms with van der Waals surface area (Å²) in [7, 11) is 3.86. The summed E-state index contributed by atoms with van der Waals surface area (Å²) in [4.78, 5) is 89.9. The highest BCUT2D eigenvalue weighted by atomic mass is 32.2. The number of carboxylic acids is 1. The fraction of sp³-hybridized carbons (Fsp3) is 0.524. The molecule has 17 nitrogen and oxygen atoms in total. The monoisotopic (exact) mass is 882 g/mol. The zero-order chi connectivity index (χ0) is 44.5. The minimum absolute atomic E-state index is 0.0550. The summed E-state index contributed by atoms with van der Waals surface area (Å²) in [5.41, 5.74) is 6.85. The smallest absolute Gasteiger partial charge is 0.408 e. The van der Waals surface area contributed by atoms with Gasteiger partial charge in [-0.05, 0) is 117 Å². The number of nitrogens with one attached hydrogen (secondary N) is 4. The van der Waals surface area contributed by atoms with Crippen molar-refractivity contribution in [3.63, 3.8) is 0 Å². The number of rotatable bonds is 23. The highest BCUT2D eigenvalue weighted by Gasteiger charge is 2.31. The fourth-order valence-electron chi connectivity index (χ4n) is 6.12. The maximum atomic E-state index is 14.1. The normalized spacial score (nSPS) is 15.3. The molecule has 2 heterocycles. The fourth-order valence-corrected chi connectivity index (χ4v) is 8.22. The molecular weight excluding hydrogens is 825 g/mol. The van der Waals surface area contributed by atoms with Crippen molar-refractivity contribution < 1.29 is 43.3 Å². The highest BCUT2D eigenvalue weighted by Crippen LogP contribution is 2.31. The van der Waals surface area contributed by atoms with Gasteiger partial charge in [-0.25, -0.2) is 14.6 Å². The number of hydrogen-bond acceptors (Lipinski definition) is 14. The van der Waals surface area contributed by atoms with Crippen molar-refractivity contribution >= 4 is 79.8 Å². The number of carbonyl (C=O) groups is 6. The number of thioether (sulfide) groups is 1. The largest absolute Gasteiger partial charge is 0.480 e. The first-order chi connectivity index (χ1) is 29.0. The summed E-state index contributed by atoms with van der Waals surface area (Å²) in [6, 6.07) is 9.99. The number of fused-ring (bicyclic) bond motifs is 1. The number of aromatic nitrogens is 1. The van der Waals surface area contributed by atoms with E-state index in [2.05, 4.69) is 31.2 Å². The molecule has 0 saturated heterocycles. The Morgan fingerprint density at radius 1 is 0.885 bits per heavy atom. The first-order valence-electron chi connectivity index (χ1n) is 20.3. The Morgan fingerprint density at radius 3 is 2.16 bits per heavy atom. The summed E-state index contributed by atoms with van der Waals surface area (Å²) < 4.78 is 11.6. The van der Waals surface area contributed by atoms with Crippen LogP contribution in [0.5, 0.6) is 0 Å². The quantitative estimate of drug-likeness (QED) is 0.0571. The van der Waals surface area contributed by atoms with Crippen LogP contribution < -0.4 is 27.0 Å². The molecule has 3 aromatic rings. The molecule has 1 aliphatic rings. The Kier molecular flexibility index (Phi) is 18.9. The van der Waals surface area contributed by atoms with E-state index in [1.54, 1.807) is 63.2 Å². The number of anilines is 1. The number of esters is 1. The van der Waals surface area contributed by atoms with Crippen molar-refractivity contribution in [1.82, 2.24) is 25.8 Å². The van der Waals surface area contributed by atoms with Gasteiger partial charge in [-0.3, -0.25) is 24.2 Å². The predicted octanol–water partition coefficient (Wildman–Crippen LogP) is 4.43. The Labute approximate surface area is 364 Å². The number of nitrogens with zero attached hydrogens (tertiary/aromatic N) is 3. The van der Waals surface area contributed by atoms with Crippen LogP contribution >= 0.6 is 23.1 Å². The summed E-state index contributed by atoms with van der Waals surface area (Å²) in [6.07, 6.45) is 1.66. The van der Waals surface area contributed by atoms with E-state index in [1.165, 1.54) is 23.1 Å². The predicted molar refractivity (Wildman–Crippen MR) is 236 cm³/mol. The average molecular weight is 883 g/mol. The summed E-state index contributed by atoms with van der Waals surface area (Å²) in [5, 5.41) is 21.6. The number of amides is 4. The van der Waals surface area contributed by atoms with E-state index < -0.39 is 65.5 Å². The maximum absolute atomic E-state index is 14.1. The first kappa shape index (κ1) is 48.6. The van der Waals surface area contributed by atoms with Crippen LogP contribution in [-0.4, -0.2) is 118 Å². The first-order valence-corrected chi connectivity index (χ1v) is 22.1. The molecule has 1 aromatic heterocycles. The third-order valence-electron chi connectivity index (χ3n) is 9.21. The molecule has 19 heteroatoms. The van der Waals surface area contributed by atoms with Gasteiger partial charge in [0.1, 0.15) is 40.4 Å². The Hall–Kier alpha value is -5.11. The summed E-state index contributed by atoms with van der Waals surface area (Å²) >= 11 is 2.66. The van der Waals surface area contributed by atoms with Gasteiger partial charge in [-0.2, -0.15) is 0 Å². The molecule has 0 radical (unpaired) electrons. The Balaban J connectivity index is 1.50. The standard InChI is InChI=1S/C42H58N8O9S2/c1-42(2,3)59-34(51)20-19-31(49-41(57)58-24-26-13-7-6-8-14-26)37(54)46-30(16-10-12-22-50(4)5)36(53)45-29(15-9-11-21-43)35(52)44-27-17-18-28-33(23-27)61-39(47-28)38-48-32(25-60-38)40(55)56/h6-8,13-14,17-18,23,29-32H,9-12,15-16,19-22,24-25,43H2,1-5H3,(H,44,52)(H,45,53)(H,46,54)(H,49,57)(H,55,56)/t29-,30-,31-,32+/m0/s1. The molecule has 4 amide bonds. The molecule has 332 valence electrons. The van der Waals surface area contributed by atoms with Crippen LogP contribution in [-0.2, 0) is 40.1 Å². The van der Waals surface area contributed by atoms with Crippen molar-refractivity contribution in [2.75, 3.05) is 38.3 Å². The third kappa shape index (κ3) is 16.7. The zero-order valence-corrected chi connectivity index (χ0v) is 37.0. The van der Waals surface area contributed by atoms with Crippen molar-refractivity contribution in [2.45, 2.75) is 109 Å². The number of thiazole rings is 1. The van der Waals surface area contributed by atoms with Gasteiger partial charge in [0.25, 0.3) is 0 Å². The van der Waals surface area contributed by atoms with Gasteiger partial charge in [-0.1, -0.05) is 30.3 Å². The van der Waals surface area contributed by atoms with E-state index in [0.717, 1.165) is 16.8 Å². The van der Waals surface area contributed by atoms with E-state index >= 15 is 0 Å². The topological polar surface area (TPSA) is 244 Å². The second kappa shape index (κ2) is 23.8. The molecule has 4 rings (SSSR count). The maximum Gasteiger partial charge on any atom is 0.408 e. The van der Waals surface area contributed by atoms with Gasteiger partial charge in [0.15, 0.2) is 6.04 Å². The van der Waals surface area contributed by atoms with E-state index in [1.807, 2.05) is 25.1 Å². The van der Waals surface area contributed by atoms with Crippen LogP contribution in [0.1, 0.15) is 82.7 Å². The van der Waals surface area contributed by atoms with Gasteiger partial charge in [0, 0.05) is 17.9 Å². The highest BCUT2D eigenvalue weighted by molar-refractivity contribution is 8.15. The number of hydrogen-bond donors (Lipinski definition) is 6. The molecule has 0 bridgehead atoms. The number of benzene rings is 2. The number of unbranched alkanes of at least 4 members (excludes halogenated alkanes) is 2. The van der Waals surface area contributed by atoms with Crippen molar-refractivity contribution in [3.8, 4) is 0 Å². The Bertz CT molecular complexity index is 2000. The lowest BCUT2D eigenvalue weighted by Crippen LogP contribution is -2.56. The molecule has 0 aliphatic carbocycles. The average Bonchev–Trinajstić information content (AvgIpc) is 3.87. The molecule has 4 atom stereocenters. The molecule has 61 heavy (non-hydrogen) atoms. The molecule has 0 fully saturated rings. The van der Waals surface area contributed by atoms with Crippen LogP contribution in [0.25, 0.3) is 10.2 Å². The minimum Gasteiger partial charge on any atom is -0.480 e. The van der Waals surface area contributed by atoms with Crippen molar-refractivity contribution in [1.29, 1.82) is 0 Å². The van der Waals surface area contributed by atoms with Gasteiger partial charge < -0.3 is 46.5 Å². The van der Waals surface area contributed by atoms with Crippen LogP contribution in [0.3, 0.4) is 0 Å². The van der Waals surface area contributed by atoms with Crippen LogP contribution in [0, 0.1) is 0 Å². The van der Waals surface area contributed by atoms with E-state index in [9.17, 15) is 33.9 Å². The van der Waals surface area contributed by atoms with E-state index in [0.29, 0.717) is 59.2 Å². The molecule has 7 N–H and O–H groups in total. The Morgan fingerprint density at radius 2 is 1.54 bits per heavy atom. The van der Waals surface area contributed by atoms with Crippen LogP contribution in [0.4, 0.5) is 10.5 Å².